The predicted octanol–water partition coefficient (Wildman–Crippen LogP) is 5.31. The van der Waals surface area contributed by atoms with E-state index in [-0.39, 0.29) is 5.97 Å². The van der Waals surface area contributed by atoms with Crippen LogP contribution in [0.1, 0.15) is 60.3 Å². The topological polar surface area (TPSA) is 26.3 Å². The van der Waals surface area contributed by atoms with Crippen molar-refractivity contribution in [1.29, 1.82) is 0 Å². The van der Waals surface area contributed by atoms with E-state index < -0.39 is 8.32 Å². The van der Waals surface area contributed by atoms with Crippen LogP contribution in [0, 0.1) is 5.92 Å². The highest BCUT2D eigenvalue weighted by atomic mass is 28.4. The van der Waals surface area contributed by atoms with Gasteiger partial charge in [0, 0.05) is 5.57 Å². The minimum Gasteiger partial charge on any atom is -0.516 e. The molecule has 0 aromatic carbocycles. The number of rotatable bonds is 10. The Balaban J connectivity index is 4.96. The van der Waals surface area contributed by atoms with Crippen LogP contribution in [0.5, 0.6) is 0 Å². The van der Waals surface area contributed by atoms with E-state index in [0.717, 1.165) is 18.1 Å². The van der Waals surface area contributed by atoms with Crippen molar-refractivity contribution in [2.24, 2.45) is 5.92 Å². The summed E-state index contributed by atoms with van der Waals surface area (Å²) in [6, 6.07) is 3.31. The quantitative estimate of drug-likeness (QED) is 0.401. The van der Waals surface area contributed by atoms with Gasteiger partial charge in [0.15, 0.2) is 0 Å². The first-order chi connectivity index (χ1) is 8.87. The lowest BCUT2D eigenvalue weighted by Crippen LogP contribution is -2.41. The average molecular weight is 285 g/mol. The molecule has 112 valence electrons. The highest BCUT2D eigenvalue weighted by Crippen LogP contribution is 2.31. The fourth-order valence-corrected chi connectivity index (χ4v) is 7.50. The van der Waals surface area contributed by atoms with Crippen LogP contribution < -0.4 is 0 Å². The van der Waals surface area contributed by atoms with E-state index in [0.29, 0.717) is 11.5 Å². The van der Waals surface area contributed by atoms with Crippen molar-refractivity contribution in [3.63, 3.8) is 0 Å². The number of hydrogen-bond donors (Lipinski definition) is 0. The summed E-state index contributed by atoms with van der Waals surface area (Å²) in [7, 11) is -1.94. The second kappa shape index (κ2) is 9.35. The molecule has 0 N–H and O–H groups in total. The van der Waals surface area contributed by atoms with Crippen molar-refractivity contribution >= 4 is 14.3 Å². The molecule has 2 nitrogen and oxygen atoms in total. The van der Waals surface area contributed by atoms with E-state index in [1.54, 1.807) is 6.92 Å². The molecule has 0 saturated heterocycles. The van der Waals surface area contributed by atoms with Gasteiger partial charge in [-0.25, -0.2) is 4.79 Å². The van der Waals surface area contributed by atoms with Gasteiger partial charge in [0.05, 0.1) is 0 Å². The Labute approximate surface area is 120 Å². The van der Waals surface area contributed by atoms with Gasteiger partial charge in [-0.1, -0.05) is 60.0 Å². The molecule has 0 aromatic rings. The number of carbonyl (C=O) groups excluding carboxylic acids is 1. The Kier molecular flexibility index (Phi) is 9.07. The van der Waals surface area contributed by atoms with Crippen LogP contribution in [0.2, 0.25) is 18.1 Å². The molecule has 0 radical (unpaired) electrons. The summed E-state index contributed by atoms with van der Waals surface area (Å²) < 4.78 is 6.01. The largest absolute Gasteiger partial charge is 0.516 e. The molecule has 3 heteroatoms. The summed E-state index contributed by atoms with van der Waals surface area (Å²) in [4.78, 5) is 12.0. The normalized spacial score (nSPS) is 11.7. The third-order valence-electron chi connectivity index (χ3n) is 3.41. The van der Waals surface area contributed by atoms with E-state index in [9.17, 15) is 4.79 Å². The summed E-state index contributed by atoms with van der Waals surface area (Å²) >= 11 is 0. The summed E-state index contributed by atoms with van der Waals surface area (Å²) in [6.45, 7) is 14.3. The lowest BCUT2D eigenvalue weighted by atomic mass is 10.3. The smallest absolute Gasteiger partial charge is 0.319 e. The van der Waals surface area contributed by atoms with Crippen molar-refractivity contribution in [2.75, 3.05) is 0 Å². The molecule has 0 aliphatic heterocycles. The van der Waals surface area contributed by atoms with Crippen molar-refractivity contribution in [3.8, 4) is 0 Å². The molecule has 0 aromatic heterocycles. The molecule has 0 spiro atoms. The summed E-state index contributed by atoms with van der Waals surface area (Å²) in [5.41, 5.74) is 0.536. The van der Waals surface area contributed by atoms with Gasteiger partial charge in [-0.05, 0) is 31.0 Å². The molecule has 0 atom stereocenters. The third-order valence-corrected chi connectivity index (χ3v) is 8.12. The van der Waals surface area contributed by atoms with E-state index >= 15 is 0 Å². The Hall–Kier alpha value is -0.573. The lowest BCUT2D eigenvalue weighted by molar-refractivity contribution is -0.131. The first kappa shape index (κ1) is 18.4. The molecule has 0 unspecified atom stereocenters. The maximum atomic E-state index is 12.0. The first-order valence-electron chi connectivity index (χ1n) is 7.75. The third kappa shape index (κ3) is 7.56. The fourth-order valence-electron chi connectivity index (χ4n) is 2.50. The Bertz CT molecular complexity index is 276. The highest BCUT2D eigenvalue weighted by Gasteiger charge is 2.38. The maximum absolute atomic E-state index is 12.0. The van der Waals surface area contributed by atoms with E-state index in [1.807, 2.05) is 0 Å². The van der Waals surface area contributed by atoms with Gasteiger partial charge in [-0.2, -0.15) is 0 Å². The molecule has 0 amide bonds. The van der Waals surface area contributed by atoms with Crippen molar-refractivity contribution in [2.45, 2.75) is 78.4 Å². The minimum absolute atomic E-state index is 0.167. The molecular formula is C16H32O2Si. The van der Waals surface area contributed by atoms with Crippen LogP contribution in [0.25, 0.3) is 0 Å². The van der Waals surface area contributed by atoms with Gasteiger partial charge in [-0.15, -0.1) is 0 Å². The van der Waals surface area contributed by atoms with Crippen molar-refractivity contribution < 1.29 is 9.22 Å². The molecule has 0 rings (SSSR count). The van der Waals surface area contributed by atoms with Gasteiger partial charge in [0.25, 0.3) is 8.32 Å². The fraction of sp³-hybridized carbons (Fsp3) is 0.812. The monoisotopic (exact) mass is 284 g/mol. The van der Waals surface area contributed by atoms with Crippen LogP contribution in [0.3, 0.4) is 0 Å². The zero-order valence-corrected chi connectivity index (χ0v) is 14.6. The standard InChI is InChI=1S/C16H32O2Si/c1-7-9-11-19(12-10-8-2,13-14(3)4)18-16(17)15(5)6/h14H,5,7-13H2,1-4,6H3. The van der Waals surface area contributed by atoms with Gasteiger partial charge in [-0.3, -0.25) is 0 Å². The van der Waals surface area contributed by atoms with Gasteiger partial charge >= 0.3 is 5.97 Å². The SMILES string of the molecule is C=C(C)C(=O)O[Si](CCCC)(CCCC)CC(C)C. The number of unbranched alkanes of at least 4 members (excludes halogenated alkanes) is 2. The zero-order valence-electron chi connectivity index (χ0n) is 13.6. The molecule has 0 aliphatic carbocycles. The lowest BCUT2D eigenvalue weighted by Gasteiger charge is -2.33. The Morgan fingerprint density at radius 3 is 1.95 bits per heavy atom. The summed E-state index contributed by atoms with van der Waals surface area (Å²) in [5, 5.41) is 0. The average Bonchev–Trinajstić information content (AvgIpc) is 2.33. The van der Waals surface area contributed by atoms with E-state index in [1.165, 1.54) is 25.7 Å². The molecule has 19 heavy (non-hydrogen) atoms. The van der Waals surface area contributed by atoms with E-state index in [4.69, 9.17) is 4.43 Å². The summed E-state index contributed by atoms with van der Waals surface area (Å²) in [6.07, 6.45) is 4.69. The molecule has 0 aliphatic rings. The minimum atomic E-state index is -1.94. The molecular weight excluding hydrogens is 252 g/mol. The van der Waals surface area contributed by atoms with Crippen LogP contribution in [0.15, 0.2) is 12.2 Å². The second-order valence-corrected chi connectivity index (χ2v) is 10.1. The molecule has 0 heterocycles. The van der Waals surface area contributed by atoms with Gasteiger partial charge < -0.3 is 4.43 Å². The van der Waals surface area contributed by atoms with Crippen LogP contribution in [-0.4, -0.2) is 14.3 Å². The van der Waals surface area contributed by atoms with Gasteiger partial charge in [0.1, 0.15) is 0 Å². The zero-order chi connectivity index (χ0) is 14.9. The first-order valence-corrected chi connectivity index (χ1v) is 10.3. The molecule has 0 saturated carbocycles. The van der Waals surface area contributed by atoms with Crippen LogP contribution in [0.4, 0.5) is 0 Å². The van der Waals surface area contributed by atoms with Crippen LogP contribution in [-0.2, 0) is 9.22 Å². The van der Waals surface area contributed by atoms with E-state index in [2.05, 4.69) is 34.3 Å². The molecule has 0 fully saturated rings. The van der Waals surface area contributed by atoms with Gasteiger partial charge in [0.2, 0.25) is 0 Å². The van der Waals surface area contributed by atoms with Crippen LogP contribution >= 0.6 is 0 Å². The Morgan fingerprint density at radius 1 is 1.16 bits per heavy atom. The number of hydrogen-bond acceptors (Lipinski definition) is 2. The Morgan fingerprint density at radius 2 is 1.63 bits per heavy atom. The summed E-state index contributed by atoms with van der Waals surface area (Å²) in [5.74, 6) is 0.429. The maximum Gasteiger partial charge on any atom is 0.319 e. The predicted molar refractivity (Wildman–Crippen MR) is 85.7 cm³/mol. The highest BCUT2D eigenvalue weighted by molar-refractivity contribution is 6.75. The van der Waals surface area contributed by atoms with Crippen molar-refractivity contribution in [3.05, 3.63) is 12.2 Å². The number of carbonyl (C=O) groups is 1. The second-order valence-electron chi connectivity index (χ2n) is 6.16. The van der Waals surface area contributed by atoms with Crippen molar-refractivity contribution in [1.82, 2.24) is 0 Å². The molecule has 0 bridgehead atoms.